The third-order valence-electron chi connectivity index (χ3n) is 4.17. The van der Waals surface area contributed by atoms with Crippen LogP contribution in [0.1, 0.15) is 31.5 Å². The van der Waals surface area contributed by atoms with Crippen molar-refractivity contribution in [2.24, 2.45) is 0 Å². The Morgan fingerprint density at radius 2 is 1.79 bits per heavy atom. The molecular weight excluding hydrogens is 404 g/mol. The molecule has 3 aromatic rings. The smallest absolute Gasteiger partial charge is 0.286 e. The maximum atomic E-state index is 12.3. The van der Waals surface area contributed by atoms with Crippen molar-refractivity contribution in [3.05, 3.63) is 75.2 Å². The largest absolute Gasteiger partial charge is 0.351 e. The fourth-order valence-electron chi connectivity index (χ4n) is 2.51. The van der Waals surface area contributed by atoms with Crippen molar-refractivity contribution in [3.63, 3.8) is 0 Å². The van der Waals surface area contributed by atoms with Crippen molar-refractivity contribution in [1.29, 1.82) is 0 Å². The summed E-state index contributed by atoms with van der Waals surface area (Å²) in [4.78, 5) is 24.3. The summed E-state index contributed by atoms with van der Waals surface area (Å²) >= 11 is 2.69. The number of benzene rings is 2. The van der Waals surface area contributed by atoms with E-state index in [9.17, 15) is 9.59 Å². The fourth-order valence-corrected chi connectivity index (χ4v) is 4.15. The number of anilines is 1. The van der Waals surface area contributed by atoms with Gasteiger partial charge in [0, 0.05) is 18.0 Å². The van der Waals surface area contributed by atoms with Gasteiger partial charge in [-0.15, -0.1) is 22.0 Å². The highest BCUT2D eigenvalue weighted by Crippen LogP contribution is 2.18. The van der Waals surface area contributed by atoms with Gasteiger partial charge in [-0.2, -0.15) is 0 Å². The number of hydrogen-bond donors (Lipinski definition) is 2. The van der Waals surface area contributed by atoms with E-state index < -0.39 is 0 Å². The number of carbonyl (C=O) groups is 2. The Morgan fingerprint density at radius 1 is 1.03 bits per heavy atom. The van der Waals surface area contributed by atoms with Crippen LogP contribution in [0, 0.1) is 13.8 Å². The molecule has 8 heteroatoms. The molecule has 0 saturated heterocycles. The summed E-state index contributed by atoms with van der Waals surface area (Å²) in [7, 11) is 0. The first-order valence-corrected chi connectivity index (χ1v) is 11.1. The number of hydrogen-bond acceptors (Lipinski definition) is 6. The molecule has 2 aromatic carbocycles. The van der Waals surface area contributed by atoms with Crippen LogP contribution >= 0.6 is 23.1 Å². The third kappa shape index (κ3) is 6.40. The Kier molecular flexibility index (Phi) is 7.37. The second-order valence-electron chi connectivity index (χ2n) is 6.52. The Labute approximate surface area is 178 Å². The number of nitrogens with one attached hydrogen (secondary N) is 2. The average Bonchev–Trinajstić information content (AvgIpc) is 3.18. The maximum absolute atomic E-state index is 12.3. The van der Waals surface area contributed by atoms with Crippen LogP contribution in [0.2, 0.25) is 0 Å². The Morgan fingerprint density at radius 3 is 2.55 bits per heavy atom. The molecular formula is C21H22N4O2S2. The molecule has 29 heavy (non-hydrogen) atoms. The molecule has 0 spiro atoms. The Balaban J connectivity index is 1.41. The van der Waals surface area contributed by atoms with E-state index in [1.54, 1.807) is 0 Å². The van der Waals surface area contributed by atoms with Gasteiger partial charge in [-0.25, -0.2) is 0 Å². The number of carbonyl (C=O) groups excluding carboxylic acids is 2. The van der Waals surface area contributed by atoms with Gasteiger partial charge in [0.25, 0.3) is 5.91 Å². The number of aryl methyl sites for hydroxylation is 2. The highest BCUT2D eigenvalue weighted by Gasteiger charge is 2.13. The molecule has 2 N–H and O–H groups in total. The second-order valence-corrected chi connectivity index (χ2v) is 8.56. The van der Waals surface area contributed by atoms with Crippen LogP contribution in [0.15, 0.2) is 48.5 Å². The molecule has 3 rings (SSSR count). The second kappa shape index (κ2) is 10.2. The number of aromatic nitrogens is 2. The molecule has 0 aliphatic heterocycles. The summed E-state index contributed by atoms with van der Waals surface area (Å²) < 4.78 is 0. The van der Waals surface area contributed by atoms with Gasteiger partial charge in [-0.3, -0.25) is 9.59 Å². The van der Waals surface area contributed by atoms with Crippen LogP contribution in [0.4, 0.5) is 5.69 Å². The number of amides is 2. The summed E-state index contributed by atoms with van der Waals surface area (Å²) in [5, 5.41) is 14.8. The normalized spacial score (nSPS) is 10.6. The van der Waals surface area contributed by atoms with Crippen molar-refractivity contribution < 1.29 is 9.59 Å². The van der Waals surface area contributed by atoms with E-state index in [0.29, 0.717) is 23.1 Å². The molecule has 2 amide bonds. The van der Waals surface area contributed by atoms with Crippen LogP contribution < -0.4 is 10.6 Å². The zero-order chi connectivity index (χ0) is 20.6. The lowest BCUT2D eigenvalue weighted by molar-refractivity contribution is -0.118. The van der Waals surface area contributed by atoms with Gasteiger partial charge in [0.15, 0.2) is 0 Å². The molecule has 0 atom stereocenters. The van der Waals surface area contributed by atoms with Crippen LogP contribution in [-0.2, 0) is 17.1 Å². The van der Waals surface area contributed by atoms with Crippen molar-refractivity contribution in [2.75, 3.05) is 11.1 Å². The molecule has 1 aromatic heterocycles. The minimum absolute atomic E-state index is 0.0277. The molecule has 1 heterocycles. The Bertz CT molecular complexity index is 986. The van der Waals surface area contributed by atoms with Gasteiger partial charge in [0.2, 0.25) is 10.9 Å². The topological polar surface area (TPSA) is 84.0 Å². The summed E-state index contributed by atoms with van der Waals surface area (Å²) in [6.45, 7) is 4.54. The minimum Gasteiger partial charge on any atom is -0.351 e. The van der Waals surface area contributed by atoms with E-state index in [-0.39, 0.29) is 11.8 Å². The number of thioether (sulfide) groups is 1. The quantitative estimate of drug-likeness (QED) is 0.570. The lowest BCUT2D eigenvalue weighted by Gasteiger charge is -2.07. The monoisotopic (exact) mass is 426 g/mol. The number of nitrogens with zero attached hydrogens (tertiary/aromatic N) is 2. The van der Waals surface area contributed by atoms with E-state index in [2.05, 4.69) is 20.8 Å². The molecule has 6 nitrogen and oxygen atoms in total. The predicted molar refractivity (Wildman–Crippen MR) is 118 cm³/mol. The predicted octanol–water partition coefficient (Wildman–Crippen LogP) is 3.96. The van der Waals surface area contributed by atoms with E-state index in [0.717, 1.165) is 27.4 Å². The zero-order valence-corrected chi connectivity index (χ0v) is 17.9. The highest BCUT2D eigenvalue weighted by molar-refractivity contribution is 7.99. The first kappa shape index (κ1) is 21.0. The molecule has 0 bridgehead atoms. The Hall–Kier alpha value is -2.71. The first-order chi connectivity index (χ1) is 14.0. The molecule has 0 aliphatic carbocycles. The van der Waals surface area contributed by atoms with Crippen molar-refractivity contribution >= 4 is 40.6 Å². The molecule has 0 unspecified atom stereocenters. The van der Waals surface area contributed by atoms with Gasteiger partial charge in [-0.1, -0.05) is 53.3 Å². The van der Waals surface area contributed by atoms with Gasteiger partial charge in [0.1, 0.15) is 5.01 Å². The summed E-state index contributed by atoms with van der Waals surface area (Å²) in [6.07, 6.45) is 0. The van der Waals surface area contributed by atoms with Crippen LogP contribution in [0.3, 0.4) is 0 Å². The molecule has 0 aliphatic rings. The summed E-state index contributed by atoms with van der Waals surface area (Å²) in [6, 6.07) is 15.5. The van der Waals surface area contributed by atoms with E-state index >= 15 is 0 Å². The fraction of sp³-hybridized carbons (Fsp3) is 0.238. The highest BCUT2D eigenvalue weighted by atomic mass is 32.2. The molecule has 150 valence electrons. The third-order valence-corrected chi connectivity index (χ3v) is 6.22. The van der Waals surface area contributed by atoms with Crippen molar-refractivity contribution in [2.45, 2.75) is 26.1 Å². The van der Waals surface area contributed by atoms with Crippen LogP contribution in [0.25, 0.3) is 0 Å². The van der Waals surface area contributed by atoms with Crippen LogP contribution in [0.5, 0.6) is 0 Å². The van der Waals surface area contributed by atoms with Crippen molar-refractivity contribution in [3.8, 4) is 0 Å². The van der Waals surface area contributed by atoms with Gasteiger partial charge >= 0.3 is 0 Å². The van der Waals surface area contributed by atoms with Gasteiger partial charge in [0.05, 0.1) is 5.75 Å². The van der Waals surface area contributed by atoms with E-state index in [1.165, 1.54) is 23.1 Å². The van der Waals surface area contributed by atoms with Crippen molar-refractivity contribution in [1.82, 2.24) is 15.5 Å². The lowest BCUT2D eigenvalue weighted by Crippen LogP contribution is -2.24. The lowest BCUT2D eigenvalue weighted by atomic mass is 10.1. The maximum Gasteiger partial charge on any atom is 0.286 e. The molecule has 0 fully saturated rings. The van der Waals surface area contributed by atoms with E-state index in [4.69, 9.17) is 0 Å². The van der Waals surface area contributed by atoms with Gasteiger partial charge < -0.3 is 10.6 Å². The summed E-state index contributed by atoms with van der Waals surface area (Å²) in [5.41, 5.74) is 4.11. The minimum atomic E-state index is -0.279. The van der Waals surface area contributed by atoms with Crippen LogP contribution in [-0.4, -0.2) is 27.8 Å². The molecule has 0 saturated carbocycles. The van der Waals surface area contributed by atoms with E-state index in [1.807, 2.05) is 62.4 Å². The SMILES string of the molecule is Cc1ccc(NC(=O)c2nnc(CSCC(=O)NCc3ccccc3C)s2)cc1. The van der Waals surface area contributed by atoms with Gasteiger partial charge in [-0.05, 0) is 37.1 Å². The zero-order valence-electron chi connectivity index (χ0n) is 16.3. The summed E-state index contributed by atoms with van der Waals surface area (Å²) in [5.74, 6) is 0.558. The first-order valence-electron chi connectivity index (χ1n) is 9.10. The average molecular weight is 427 g/mol. The molecule has 0 radical (unpaired) electrons. The standard InChI is InChI=1S/C21H22N4O2S2/c1-14-7-9-17(10-8-14)23-20(27)21-25-24-19(29-21)13-28-12-18(26)22-11-16-6-4-3-5-15(16)2/h3-10H,11-13H2,1-2H3,(H,22,26)(H,23,27). The number of rotatable bonds is 8.